The standard InChI is InChI=1S/C22H29N3O5/c1-13-20(24-15(11-28-3)12-29-4)22(27)25(2)21(23-13)17-9-14-7-6-8-18(26)16(14)10-19(17)30-5/h9-10,15,24H,6-8,11-12H2,1-5H3. The smallest absolute Gasteiger partial charge is 0.277 e. The van der Waals surface area contributed by atoms with Crippen LogP contribution in [0.25, 0.3) is 11.4 Å². The van der Waals surface area contributed by atoms with Crippen LogP contribution in [-0.4, -0.2) is 55.9 Å². The summed E-state index contributed by atoms with van der Waals surface area (Å²) in [7, 11) is 6.44. The molecule has 0 bridgehead atoms. The number of carbonyl (C=O) groups is 1. The molecule has 0 spiro atoms. The van der Waals surface area contributed by atoms with Crippen LogP contribution in [0.5, 0.6) is 5.75 Å². The molecule has 0 fully saturated rings. The van der Waals surface area contributed by atoms with Gasteiger partial charge in [0.25, 0.3) is 5.56 Å². The molecule has 1 aliphatic rings. The van der Waals surface area contributed by atoms with E-state index in [4.69, 9.17) is 19.2 Å². The molecule has 162 valence electrons. The number of carbonyl (C=O) groups excluding carboxylic acids is 1. The molecule has 8 nitrogen and oxygen atoms in total. The predicted octanol–water partition coefficient (Wildman–Crippen LogP) is 2.36. The van der Waals surface area contributed by atoms with E-state index in [1.807, 2.05) is 6.07 Å². The fraction of sp³-hybridized carbons (Fsp3) is 0.500. The van der Waals surface area contributed by atoms with Crippen LogP contribution in [-0.2, 0) is 22.9 Å². The lowest BCUT2D eigenvalue weighted by atomic mass is 9.88. The first-order valence-electron chi connectivity index (χ1n) is 9.97. The maximum Gasteiger partial charge on any atom is 0.277 e. The number of hydrogen-bond acceptors (Lipinski definition) is 7. The van der Waals surface area contributed by atoms with Crippen LogP contribution in [0, 0.1) is 6.92 Å². The lowest BCUT2D eigenvalue weighted by Crippen LogP contribution is -2.35. The summed E-state index contributed by atoms with van der Waals surface area (Å²) in [6.07, 6.45) is 2.20. The highest BCUT2D eigenvalue weighted by Gasteiger charge is 2.24. The minimum Gasteiger partial charge on any atom is -0.496 e. The van der Waals surface area contributed by atoms with Crippen LogP contribution < -0.4 is 15.6 Å². The van der Waals surface area contributed by atoms with E-state index in [0.29, 0.717) is 53.7 Å². The fourth-order valence-electron chi connectivity index (χ4n) is 3.86. The zero-order valence-electron chi connectivity index (χ0n) is 18.2. The van der Waals surface area contributed by atoms with Crippen LogP contribution in [0.4, 0.5) is 5.69 Å². The largest absolute Gasteiger partial charge is 0.496 e. The van der Waals surface area contributed by atoms with Crippen molar-refractivity contribution >= 4 is 11.5 Å². The second-order valence-electron chi connectivity index (χ2n) is 7.50. The molecule has 0 saturated heterocycles. The molecule has 1 aromatic carbocycles. The van der Waals surface area contributed by atoms with E-state index in [2.05, 4.69) is 5.32 Å². The fourth-order valence-corrected chi connectivity index (χ4v) is 3.86. The Morgan fingerprint density at radius 2 is 1.80 bits per heavy atom. The Labute approximate surface area is 176 Å². The van der Waals surface area contributed by atoms with E-state index < -0.39 is 0 Å². The van der Waals surface area contributed by atoms with E-state index >= 15 is 0 Å². The number of methoxy groups -OCH3 is 3. The molecular weight excluding hydrogens is 386 g/mol. The minimum absolute atomic E-state index is 0.126. The molecule has 1 aliphatic carbocycles. The lowest BCUT2D eigenvalue weighted by molar-refractivity contribution is 0.0972. The maximum absolute atomic E-state index is 13.2. The van der Waals surface area contributed by atoms with Gasteiger partial charge in [0.15, 0.2) is 5.78 Å². The van der Waals surface area contributed by atoms with E-state index in [1.165, 1.54) is 4.57 Å². The third kappa shape index (κ3) is 4.24. The monoisotopic (exact) mass is 415 g/mol. The van der Waals surface area contributed by atoms with Crippen molar-refractivity contribution in [2.24, 2.45) is 7.05 Å². The van der Waals surface area contributed by atoms with Crippen molar-refractivity contribution in [1.82, 2.24) is 9.55 Å². The summed E-state index contributed by atoms with van der Waals surface area (Å²) >= 11 is 0. The highest BCUT2D eigenvalue weighted by molar-refractivity contribution is 5.99. The maximum atomic E-state index is 13.2. The summed E-state index contributed by atoms with van der Waals surface area (Å²) < 4.78 is 17.5. The van der Waals surface area contributed by atoms with Gasteiger partial charge in [-0.15, -0.1) is 0 Å². The normalized spacial score (nSPS) is 13.5. The van der Waals surface area contributed by atoms with Crippen LogP contribution in [0.1, 0.15) is 34.5 Å². The second-order valence-corrected chi connectivity index (χ2v) is 7.50. The topological polar surface area (TPSA) is 91.7 Å². The molecule has 30 heavy (non-hydrogen) atoms. The van der Waals surface area contributed by atoms with Crippen LogP contribution in [0.2, 0.25) is 0 Å². The van der Waals surface area contributed by atoms with Gasteiger partial charge in [0, 0.05) is 33.3 Å². The Hall–Kier alpha value is -2.71. The van der Waals surface area contributed by atoms with E-state index in [1.54, 1.807) is 41.4 Å². The van der Waals surface area contributed by atoms with Crippen molar-refractivity contribution in [1.29, 1.82) is 0 Å². The van der Waals surface area contributed by atoms with Crippen molar-refractivity contribution in [3.8, 4) is 17.1 Å². The molecule has 1 N–H and O–H groups in total. The highest BCUT2D eigenvalue weighted by Crippen LogP contribution is 2.35. The number of aromatic nitrogens is 2. The average Bonchev–Trinajstić information content (AvgIpc) is 2.73. The second kappa shape index (κ2) is 9.40. The van der Waals surface area contributed by atoms with Gasteiger partial charge in [-0.1, -0.05) is 0 Å². The quantitative estimate of drug-likeness (QED) is 0.708. The van der Waals surface area contributed by atoms with Crippen molar-refractivity contribution in [2.75, 3.05) is 39.9 Å². The van der Waals surface area contributed by atoms with Gasteiger partial charge in [-0.05, 0) is 37.5 Å². The molecule has 3 rings (SSSR count). The van der Waals surface area contributed by atoms with E-state index in [-0.39, 0.29) is 17.4 Å². The number of ether oxygens (including phenoxy) is 3. The van der Waals surface area contributed by atoms with Gasteiger partial charge < -0.3 is 19.5 Å². The van der Waals surface area contributed by atoms with Crippen LogP contribution >= 0.6 is 0 Å². The van der Waals surface area contributed by atoms with E-state index in [9.17, 15) is 9.59 Å². The molecule has 0 radical (unpaired) electrons. The zero-order chi connectivity index (χ0) is 21.8. The zero-order valence-corrected chi connectivity index (χ0v) is 18.2. The van der Waals surface area contributed by atoms with Gasteiger partial charge in [-0.2, -0.15) is 0 Å². The Morgan fingerprint density at radius 1 is 1.10 bits per heavy atom. The number of nitrogens with zero attached hydrogens (tertiary/aromatic N) is 2. The number of anilines is 1. The molecule has 0 unspecified atom stereocenters. The molecule has 0 saturated carbocycles. The Kier molecular flexibility index (Phi) is 6.89. The number of fused-ring (bicyclic) bond motifs is 1. The SMILES string of the molecule is COCC(COC)Nc1c(C)nc(-c2cc3c(cc2OC)C(=O)CCC3)n(C)c1=O. The highest BCUT2D eigenvalue weighted by atomic mass is 16.5. The third-order valence-corrected chi connectivity index (χ3v) is 5.37. The van der Waals surface area contributed by atoms with E-state index in [0.717, 1.165) is 18.4 Å². The first-order valence-corrected chi connectivity index (χ1v) is 9.97. The summed E-state index contributed by atoms with van der Waals surface area (Å²) in [4.78, 5) is 30.1. The van der Waals surface area contributed by atoms with Crippen LogP contribution in [0.15, 0.2) is 16.9 Å². The van der Waals surface area contributed by atoms with Gasteiger partial charge in [-0.3, -0.25) is 14.2 Å². The van der Waals surface area contributed by atoms with Gasteiger partial charge in [0.05, 0.1) is 37.6 Å². The van der Waals surface area contributed by atoms with Crippen molar-refractivity contribution in [3.63, 3.8) is 0 Å². The Bertz CT molecular complexity index is 993. The number of nitrogens with one attached hydrogen (secondary N) is 1. The van der Waals surface area contributed by atoms with Crippen molar-refractivity contribution in [3.05, 3.63) is 39.3 Å². The molecule has 1 aromatic heterocycles. The van der Waals surface area contributed by atoms with Gasteiger partial charge >= 0.3 is 0 Å². The summed E-state index contributed by atoms with van der Waals surface area (Å²) in [5, 5.41) is 3.20. The molecule has 0 amide bonds. The average molecular weight is 415 g/mol. The summed E-state index contributed by atoms with van der Waals surface area (Å²) in [6, 6.07) is 3.52. The molecule has 2 aromatic rings. The number of rotatable bonds is 8. The van der Waals surface area contributed by atoms with Gasteiger partial charge in [-0.25, -0.2) is 4.98 Å². The summed E-state index contributed by atoms with van der Waals surface area (Å²) in [5.41, 5.74) is 3.14. The number of aryl methyl sites for hydroxylation is 2. The number of Topliss-reactive ketones (excluding diaryl/α,β-unsaturated/α-hetero) is 1. The molecule has 0 atom stereocenters. The Morgan fingerprint density at radius 3 is 2.43 bits per heavy atom. The molecule has 1 heterocycles. The van der Waals surface area contributed by atoms with Crippen LogP contribution in [0.3, 0.4) is 0 Å². The summed E-state index contributed by atoms with van der Waals surface area (Å²) in [5.74, 6) is 1.15. The molecule has 8 heteroatoms. The number of ketones is 1. The molecule has 0 aliphatic heterocycles. The third-order valence-electron chi connectivity index (χ3n) is 5.37. The number of benzene rings is 1. The predicted molar refractivity (Wildman–Crippen MR) is 115 cm³/mol. The first-order chi connectivity index (χ1) is 14.4. The lowest BCUT2D eigenvalue weighted by Gasteiger charge is -2.22. The minimum atomic E-state index is -0.203. The van der Waals surface area contributed by atoms with Crippen molar-refractivity contribution < 1.29 is 19.0 Å². The Balaban J connectivity index is 2.08. The van der Waals surface area contributed by atoms with Crippen molar-refractivity contribution in [2.45, 2.75) is 32.2 Å². The van der Waals surface area contributed by atoms with Gasteiger partial charge in [0.2, 0.25) is 0 Å². The first kappa shape index (κ1) is 22.0. The summed E-state index contributed by atoms with van der Waals surface area (Å²) in [6.45, 7) is 2.58. The molecular formula is C22H29N3O5. The van der Waals surface area contributed by atoms with Gasteiger partial charge in [0.1, 0.15) is 17.3 Å². The number of hydrogen-bond donors (Lipinski definition) is 1.